The minimum absolute atomic E-state index is 0.237. The van der Waals surface area contributed by atoms with Crippen LogP contribution < -0.4 is 11.1 Å². The van der Waals surface area contributed by atoms with Crippen molar-refractivity contribution < 1.29 is 14.0 Å². The lowest BCUT2D eigenvalue weighted by Crippen LogP contribution is -2.24. The smallest absolute Gasteiger partial charge is 0.286 e. The summed E-state index contributed by atoms with van der Waals surface area (Å²) in [6.07, 6.45) is 3.22. The molecule has 1 aromatic rings. The molecule has 0 aliphatic heterocycles. The molecule has 2 amide bonds. The zero-order chi connectivity index (χ0) is 11.1. The highest BCUT2D eigenvalue weighted by Gasteiger charge is 2.06. The largest absolute Gasteiger partial charge is 0.459 e. The Kier molecular flexibility index (Phi) is 4.40. The van der Waals surface area contributed by atoms with E-state index in [-0.39, 0.29) is 11.8 Å². The van der Waals surface area contributed by atoms with E-state index < -0.39 is 0 Å². The number of nitrogens with two attached hydrogens (primary N) is 1. The maximum Gasteiger partial charge on any atom is 0.286 e. The van der Waals surface area contributed by atoms with Crippen molar-refractivity contribution in [2.75, 3.05) is 6.54 Å². The summed E-state index contributed by atoms with van der Waals surface area (Å²) >= 11 is 0. The molecule has 0 atom stereocenters. The molecule has 0 aliphatic carbocycles. The van der Waals surface area contributed by atoms with Gasteiger partial charge in [-0.05, 0) is 25.0 Å². The fourth-order valence-corrected chi connectivity index (χ4v) is 1.12. The van der Waals surface area contributed by atoms with Gasteiger partial charge >= 0.3 is 0 Å². The molecular weight excluding hydrogens is 196 g/mol. The van der Waals surface area contributed by atoms with Crippen LogP contribution in [-0.4, -0.2) is 18.4 Å². The molecule has 0 radical (unpaired) electrons. The normalized spacial score (nSPS) is 9.87. The minimum Gasteiger partial charge on any atom is -0.459 e. The Morgan fingerprint density at radius 2 is 2.20 bits per heavy atom. The molecule has 5 heteroatoms. The number of nitrogens with one attached hydrogen (secondary N) is 1. The zero-order valence-corrected chi connectivity index (χ0v) is 8.36. The van der Waals surface area contributed by atoms with Gasteiger partial charge in [0.05, 0.1) is 6.26 Å². The Hall–Kier alpha value is -1.78. The summed E-state index contributed by atoms with van der Waals surface area (Å²) in [5, 5.41) is 2.67. The van der Waals surface area contributed by atoms with Crippen molar-refractivity contribution >= 4 is 11.8 Å². The Morgan fingerprint density at radius 3 is 2.80 bits per heavy atom. The van der Waals surface area contributed by atoms with Crippen LogP contribution in [0.5, 0.6) is 0 Å². The molecule has 1 heterocycles. The number of carbonyl (C=O) groups is 2. The van der Waals surface area contributed by atoms with Gasteiger partial charge in [-0.3, -0.25) is 9.59 Å². The second kappa shape index (κ2) is 5.85. The first kappa shape index (κ1) is 11.3. The number of rotatable bonds is 6. The maximum absolute atomic E-state index is 11.3. The van der Waals surface area contributed by atoms with Crippen molar-refractivity contribution in [1.29, 1.82) is 0 Å². The Balaban J connectivity index is 2.10. The Labute approximate surface area is 87.6 Å². The number of carbonyl (C=O) groups excluding carboxylic acids is 2. The predicted octanol–water partition coefficient (Wildman–Crippen LogP) is 0.665. The molecule has 5 nitrogen and oxygen atoms in total. The Morgan fingerprint density at radius 1 is 1.40 bits per heavy atom. The molecule has 0 spiro atoms. The monoisotopic (exact) mass is 210 g/mol. The van der Waals surface area contributed by atoms with Crippen LogP contribution in [0.3, 0.4) is 0 Å². The second-order valence-electron chi connectivity index (χ2n) is 3.16. The van der Waals surface area contributed by atoms with E-state index in [1.165, 1.54) is 6.26 Å². The van der Waals surface area contributed by atoms with Gasteiger partial charge in [-0.1, -0.05) is 0 Å². The molecule has 3 N–H and O–H groups in total. The number of primary amides is 1. The van der Waals surface area contributed by atoms with Gasteiger partial charge in [0.1, 0.15) is 0 Å². The van der Waals surface area contributed by atoms with Crippen molar-refractivity contribution in [3.63, 3.8) is 0 Å². The van der Waals surface area contributed by atoms with Gasteiger partial charge in [0.15, 0.2) is 5.76 Å². The van der Waals surface area contributed by atoms with Crippen molar-refractivity contribution in [2.45, 2.75) is 19.3 Å². The fraction of sp³-hybridized carbons (Fsp3) is 0.400. The summed E-state index contributed by atoms with van der Waals surface area (Å²) in [5.41, 5.74) is 4.97. The molecule has 82 valence electrons. The van der Waals surface area contributed by atoms with Crippen LogP contribution in [0.25, 0.3) is 0 Å². The third-order valence-electron chi connectivity index (χ3n) is 1.88. The van der Waals surface area contributed by atoms with Crippen molar-refractivity contribution in [2.24, 2.45) is 5.73 Å². The first-order chi connectivity index (χ1) is 7.20. The summed E-state index contributed by atoms with van der Waals surface area (Å²) < 4.78 is 4.90. The van der Waals surface area contributed by atoms with Gasteiger partial charge in [-0.25, -0.2) is 0 Å². The van der Waals surface area contributed by atoms with E-state index in [4.69, 9.17) is 10.2 Å². The average Bonchev–Trinajstić information content (AvgIpc) is 2.69. The molecule has 1 rings (SSSR count). The quantitative estimate of drug-likeness (QED) is 0.676. The molecular formula is C10H14N2O3. The summed E-state index contributed by atoms with van der Waals surface area (Å²) in [5.74, 6) is -0.253. The van der Waals surface area contributed by atoms with Gasteiger partial charge in [0.25, 0.3) is 5.91 Å². The number of hydrogen-bond donors (Lipinski definition) is 2. The van der Waals surface area contributed by atoms with Crippen molar-refractivity contribution in [1.82, 2.24) is 5.32 Å². The molecule has 0 aliphatic rings. The SMILES string of the molecule is NC(=O)CCCCNC(=O)c1ccco1. The maximum atomic E-state index is 11.3. The molecule has 0 saturated heterocycles. The van der Waals surface area contributed by atoms with Crippen molar-refractivity contribution in [3.05, 3.63) is 24.2 Å². The van der Waals surface area contributed by atoms with Gasteiger partial charge in [-0.15, -0.1) is 0 Å². The molecule has 0 saturated carbocycles. The number of amides is 2. The topological polar surface area (TPSA) is 85.3 Å². The Bertz CT molecular complexity index is 319. The average molecular weight is 210 g/mol. The number of unbranched alkanes of at least 4 members (excludes halogenated alkanes) is 1. The minimum atomic E-state index is -0.313. The highest BCUT2D eigenvalue weighted by molar-refractivity contribution is 5.91. The van der Waals surface area contributed by atoms with E-state index in [0.717, 1.165) is 6.42 Å². The van der Waals surface area contributed by atoms with Crippen LogP contribution in [0, 0.1) is 0 Å². The number of furan rings is 1. The molecule has 15 heavy (non-hydrogen) atoms. The van der Waals surface area contributed by atoms with Gasteiger partial charge < -0.3 is 15.5 Å². The van der Waals surface area contributed by atoms with Gasteiger partial charge in [0, 0.05) is 13.0 Å². The van der Waals surface area contributed by atoms with Crippen LogP contribution in [-0.2, 0) is 4.79 Å². The molecule has 1 aromatic heterocycles. The van der Waals surface area contributed by atoms with Crippen molar-refractivity contribution in [3.8, 4) is 0 Å². The van der Waals surface area contributed by atoms with E-state index in [9.17, 15) is 9.59 Å². The lowest BCUT2D eigenvalue weighted by atomic mass is 10.2. The molecule has 0 bridgehead atoms. The fourth-order valence-electron chi connectivity index (χ4n) is 1.12. The van der Waals surface area contributed by atoms with Crippen LogP contribution >= 0.6 is 0 Å². The van der Waals surface area contributed by atoms with E-state index in [2.05, 4.69) is 5.32 Å². The lowest BCUT2D eigenvalue weighted by molar-refractivity contribution is -0.118. The summed E-state index contributed by atoms with van der Waals surface area (Å²) in [6.45, 7) is 0.521. The standard InChI is InChI=1S/C10H14N2O3/c11-9(13)5-1-2-6-12-10(14)8-4-3-7-15-8/h3-4,7H,1-2,5-6H2,(H2,11,13)(H,12,14). The third kappa shape index (κ3) is 4.30. The summed E-state index contributed by atoms with van der Waals surface area (Å²) in [6, 6.07) is 3.25. The second-order valence-corrected chi connectivity index (χ2v) is 3.16. The third-order valence-corrected chi connectivity index (χ3v) is 1.88. The first-order valence-corrected chi connectivity index (χ1v) is 4.80. The van der Waals surface area contributed by atoms with Crippen LogP contribution in [0.2, 0.25) is 0 Å². The van der Waals surface area contributed by atoms with E-state index in [1.54, 1.807) is 12.1 Å². The summed E-state index contributed by atoms with van der Waals surface area (Å²) in [4.78, 5) is 21.7. The van der Waals surface area contributed by atoms with Gasteiger partial charge in [-0.2, -0.15) is 0 Å². The van der Waals surface area contributed by atoms with E-state index >= 15 is 0 Å². The highest BCUT2D eigenvalue weighted by atomic mass is 16.3. The highest BCUT2D eigenvalue weighted by Crippen LogP contribution is 1.99. The van der Waals surface area contributed by atoms with E-state index in [1.807, 2.05) is 0 Å². The predicted molar refractivity (Wildman–Crippen MR) is 54.1 cm³/mol. The van der Waals surface area contributed by atoms with Crippen LogP contribution in [0.15, 0.2) is 22.8 Å². The molecule has 0 unspecified atom stereocenters. The lowest BCUT2D eigenvalue weighted by Gasteiger charge is -2.01. The van der Waals surface area contributed by atoms with Crippen LogP contribution in [0.4, 0.5) is 0 Å². The van der Waals surface area contributed by atoms with E-state index in [0.29, 0.717) is 25.1 Å². The first-order valence-electron chi connectivity index (χ1n) is 4.80. The molecule has 0 aromatic carbocycles. The summed E-state index contributed by atoms with van der Waals surface area (Å²) in [7, 11) is 0. The van der Waals surface area contributed by atoms with Gasteiger partial charge in [0.2, 0.25) is 5.91 Å². The zero-order valence-electron chi connectivity index (χ0n) is 8.36. The van der Waals surface area contributed by atoms with Crippen LogP contribution in [0.1, 0.15) is 29.8 Å². The number of hydrogen-bond acceptors (Lipinski definition) is 3. The molecule has 0 fully saturated rings.